The number of hydrogen-bond donors (Lipinski definition) is 4. The summed E-state index contributed by atoms with van der Waals surface area (Å²) in [5.74, 6) is 5.02. The van der Waals surface area contributed by atoms with Gasteiger partial charge in [-0.15, -0.1) is 0 Å². The Morgan fingerprint density at radius 1 is 1.30 bits per heavy atom. The lowest BCUT2D eigenvalue weighted by Gasteiger charge is -2.23. The zero-order valence-corrected chi connectivity index (χ0v) is 12.3. The van der Waals surface area contributed by atoms with Gasteiger partial charge in [0, 0.05) is 13.6 Å². The molecule has 0 aliphatic rings. The largest absolute Gasteiger partial charge is 0.359 e. The molecule has 0 aromatic heterocycles. The number of anilines is 1. The maximum Gasteiger partial charge on any atom is 0.253 e. The van der Waals surface area contributed by atoms with Crippen LogP contribution in [0.3, 0.4) is 0 Å². The second-order valence-corrected chi connectivity index (χ2v) is 5.34. The number of amides is 2. The Balaban J connectivity index is 2.80. The number of nitrogens with one attached hydrogen (secondary N) is 3. The van der Waals surface area contributed by atoms with Crippen molar-refractivity contribution in [2.75, 3.05) is 19.0 Å². The van der Waals surface area contributed by atoms with Crippen LogP contribution < -0.4 is 21.9 Å². The zero-order valence-electron chi connectivity index (χ0n) is 12.3. The molecular formula is C14H22N4O2. The molecule has 110 valence electrons. The van der Waals surface area contributed by atoms with Crippen LogP contribution in [0.25, 0.3) is 0 Å². The molecule has 0 heterocycles. The molecule has 2 amide bonds. The molecule has 0 bridgehead atoms. The highest BCUT2D eigenvalue weighted by Gasteiger charge is 2.27. The quantitative estimate of drug-likeness (QED) is 0.473. The van der Waals surface area contributed by atoms with Crippen LogP contribution in [0.5, 0.6) is 0 Å². The zero-order chi connectivity index (χ0) is 15.3. The number of benzene rings is 1. The smallest absolute Gasteiger partial charge is 0.253 e. The highest BCUT2D eigenvalue weighted by molar-refractivity contribution is 6.00. The fraction of sp³-hybridized carbons (Fsp3) is 0.429. The fourth-order valence-corrected chi connectivity index (χ4v) is 1.79. The van der Waals surface area contributed by atoms with Crippen LogP contribution in [0, 0.1) is 12.3 Å². The maximum absolute atomic E-state index is 12.2. The van der Waals surface area contributed by atoms with Gasteiger partial charge in [0.1, 0.15) is 0 Å². The number of nitrogen functional groups attached to an aromatic ring is 1. The van der Waals surface area contributed by atoms with Crippen molar-refractivity contribution in [3.05, 3.63) is 29.3 Å². The van der Waals surface area contributed by atoms with Crippen molar-refractivity contribution in [2.45, 2.75) is 20.8 Å². The summed E-state index contributed by atoms with van der Waals surface area (Å²) in [6.07, 6.45) is 0. The Labute approximate surface area is 119 Å². The third-order valence-electron chi connectivity index (χ3n) is 3.11. The SMILES string of the molecule is CNC(=O)C(C)(C)CNC(=O)c1ccc(C)cc1NN. The summed E-state index contributed by atoms with van der Waals surface area (Å²) >= 11 is 0. The van der Waals surface area contributed by atoms with E-state index in [4.69, 9.17) is 5.84 Å². The molecule has 0 aliphatic carbocycles. The molecular weight excluding hydrogens is 256 g/mol. The van der Waals surface area contributed by atoms with Gasteiger partial charge in [-0.25, -0.2) is 0 Å². The molecule has 6 heteroatoms. The van der Waals surface area contributed by atoms with Crippen LogP contribution in [0.4, 0.5) is 5.69 Å². The van der Waals surface area contributed by atoms with E-state index in [1.165, 1.54) is 0 Å². The Bertz CT molecular complexity index is 512. The lowest BCUT2D eigenvalue weighted by molar-refractivity contribution is -0.128. The minimum absolute atomic E-state index is 0.126. The molecule has 0 saturated heterocycles. The van der Waals surface area contributed by atoms with Gasteiger partial charge in [0.25, 0.3) is 5.91 Å². The Morgan fingerprint density at radius 2 is 1.95 bits per heavy atom. The Hall–Kier alpha value is -2.08. The highest BCUT2D eigenvalue weighted by atomic mass is 16.2. The van der Waals surface area contributed by atoms with Crippen LogP contribution in [0.15, 0.2) is 18.2 Å². The molecule has 0 radical (unpaired) electrons. The van der Waals surface area contributed by atoms with Gasteiger partial charge in [0.2, 0.25) is 5.91 Å². The lowest BCUT2D eigenvalue weighted by Crippen LogP contribution is -2.43. The average molecular weight is 278 g/mol. The van der Waals surface area contributed by atoms with Crippen LogP contribution >= 0.6 is 0 Å². The third kappa shape index (κ3) is 3.71. The van der Waals surface area contributed by atoms with Crippen LogP contribution in [0.1, 0.15) is 29.8 Å². The monoisotopic (exact) mass is 278 g/mol. The first-order valence-electron chi connectivity index (χ1n) is 6.39. The fourth-order valence-electron chi connectivity index (χ4n) is 1.79. The molecule has 20 heavy (non-hydrogen) atoms. The lowest BCUT2D eigenvalue weighted by atomic mass is 9.92. The maximum atomic E-state index is 12.2. The van der Waals surface area contributed by atoms with Crippen molar-refractivity contribution < 1.29 is 9.59 Å². The number of rotatable bonds is 5. The van der Waals surface area contributed by atoms with E-state index in [-0.39, 0.29) is 18.4 Å². The van der Waals surface area contributed by atoms with Crippen molar-refractivity contribution in [1.82, 2.24) is 10.6 Å². The normalized spacial score (nSPS) is 10.8. The summed E-state index contributed by atoms with van der Waals surface area (Å²) in [5, 5.41) is 5.33. The predicted octanol–water partition coefficient (Wildman–Crippen LogP) is 0.783. The molecule has 0 aliphatic heterocycles. The minimum atomic E-state index is -0.675. The van der Waals surface area contributed by atoms with Crippen molar-refractivity contribution >= 4 is 17.5 Å². The Morgan fingerprint density at radius 3 is 2.50 bits per heavy atom. The molecule has 0 saturated carbocycles. The summed E-state index contributed by atoms with van der Waals surface area (Å²) in [7, 11) is 1.57. The summed E-state index contributed by atoms with van der Waals surface area (Å²) in [5.41, 5.74) is 3.84. The van der Waals surface area contributed by atoms with E-state index in [1.807, 2.05) is 13.0 Å². The Kier molecular flexibility index (Phi) is 5.10. The van der Waals surface area contributed by atoms with Crippen molar-refractivity contribution in [3.8, 4) is 0 Å². The van der Waals surface area contributed by atoms with Gasteiger partial charge in [-0.1, -0.05) is 6.07 Å². The molecule has 0 fully saturated rings. The number of aryl methyl sites for hydroxylation is 1. The van der Waals surface area contributed by atoms with Gasteiger partial charge in [-0.3, -0.25) is 15.4 Å². The van der Waals surface area contributed by atoms with Gasteiger partial charge in [0.15, 0.2) is 0 Å². The minimum Gasteiger partial charge on any atom is -0.359 e. The van der Waals surface area contributed by atoms with Crippen molar-refractivity contribution in [1.29, 1.82) is 0 Å². The second kappa shape index (κ2) is 6.38. The number of hydrazine groups is 1. The second-order valence-electron chi connectivity index (χ2n) is 5.34. The van der Waals surface area contributed by atoms with Gasteiger partial charge in [-0.2, -0.15) is 0 Å². The summed E-state index contributed by atoms with van der Waals surface area (Å²) in [4.78, 5) is 23.8. The number of carbonyl (C=O) groups is 2. The van der Waals surface area contributed by atoms with E-state index < -0.39 is 5.41 Å². The van der Waals surface area contributed by atoms with Gasteiger partial charge in [-0.05, 0) is 38.5 Å². The van der Waals surface area contributed by atoms with Crippen LogP contribution in [0.2, 0.25) is 0 Å². The molecule has 6 nitrogen and oxygen atoms in total. The van der Waals surface area contributed by atoms with Gasteiger partial charge >= 0.3 is 0 Å². The molecule has 1 aromatic carbocycles. The number of hydrogen-bond acceptors (Lipinski definition) is 4. The van der Waals surface area contributed by atoms with E-state index in [1.54, 1.807) is 33.0 Å². The molecule has 0 spiro atoms. The van der Waals surface area contributed by atoms with E-state index in [0.29, 0.717) is 11.3 Å². The number of nitrogens with two attached hydrogens (primary N) is 1. The summed E-state index contributed by atoms with van der Waals surface area (Å²) in [6, 6.07) is 5.32. The molecule has 0 unspecified atom stereocenters. The first-order valence-corrected chi connectivity index (χ1v) is 6.39. The molecule has 0 atom stereocenters. The van der Waals surface area contributed by atoms with E-state index >= 15 is 0 Å². The topological polar surface area (TPSA) is 96.2 Å². The van der Waals surface area contributed by atoms with Gasteiger partial charge < -0.3 is 16.1 Å². The average Bonchev–Trinajstić information content (AvgIpc) is 2.43. The first-order chi connectivity index (χ1) is 9.31. The summed E-state index contributed by atoms with van der Waals surface area (Å²) in [6.45, 7) is 5.69. The molecule has 1 aromatic rings. The van der Waals surface area contributed by atoms with Crippen molar-refractivity contribution in [2.24, 2.45) is 11.3 Å². The van der Waals surface area contributed by atoms with E-state index in [2.05, 4.69) is 16.1 Å². The van der Waals surface area contributed by atoms with E-state index in [0.717, 1.165) is 5.56 Å². The predicted molar refractivity (Wildman–Crippen MR) is 79.2 cm³/mol. The van der Waals surface area contributed by atoms with Crippen molar-refractivity contribution in [3.63, 3.8) is 0 Å². The van der Waals surface area contributed by atoms with Crippen LogP contribution in [-0.2, 0) is 4.79 Å². The summed E-state index contributed by atoms with van der Waals surface area (Å²) < 4.78 is 0. The highest BCUT2D eigenvalue weighted by Crippen LogP contribution is 2.18. The van der Waals surface area contributed by atoms with Gasteiger partial charge in [0.05, 0.1) is 16.7 Å². The molecule has 1 rings (SSSR count). The van der Waals surface area contributed by atoms with E-state index in [9.17, 15) is 9.59 Å². The number of carbonyl (C=O) groups excluding carboxylic acids is 2. The third-order valence-corrected chi connectivity index (χ3v) is 3.11. The standard InChI is InChI=1S/C14H22N4O2/c1-9-5-6-10(11(7-9)18-15)12(19)17-8-14(2,3)13(20)16-4/h5-7,18H,8,15H2,1-4H3,(H,16,20)(H,17,19). The molecule has 5 N–H and O–H groups in total. The first kappa shape index (κ1) is 16.0. The van der Waals surface area contributed by atoms with Crippen LogP contribution in [-0.4, -0.2) is 25.4 Å².